The molecule has 0 saturated carbocycles. The molecule has 4 heterocycles. The smallest absolute Gasteiger partial charge is 0.259 e. The summed E-state index contributed by atoms with van der Waals surface area (Å²) in [7, 11) is 0. The Labute approximate surface area is 191 Å². The van der Waals surface area contributed by atoms with Gasteiger partial charge in [-0.1, -0.05) is 0 Å². The molecule has 2 amide bonds. The Morgan fingerprint density at radius 2 is 1.69 bits per heavy atom. The van der Waals surface area contributed by atoms with Crippen LogP contribution in [0.25, 0.3) is 10.2 Å². The van der Waals surface area contributed by atoms with Gasteiger partial charge in [0.2, 0.25) is 11.8 Å². The van der Waals surface area contributed by atoms with Crippen LogP contribution >= 0.6 is 11.3 Å². The summed E-state index contributed by atoms with van der Waals surface area (Å²) in [5.74, 6) is 0.907. The van der Waals surface area contributed by atoms with Gasteiger partial charge in [-0.05, 0) is 44.1 Å². The fourth-order valence-corrected chi connectivity index (χ4v) is 6.47. The highest BCUT2D eigenvalue weighted by Crippen LogP contribution is 2.34. The van der Waals surface area contributed by atoms with Crippen LogP contribution in [0, 0.1) is 0 Å². The van der Waals surface area contributed by atoms with Crippen LogP contribution in [0.1, 0.15) is 48.4 Å². The highest BCUT2D eigenvalue weighted by molar-refractivity contribution is 7.18. The largest absolute Gasteiger partial charge is 0.342 e. The maximum Gasteiger partial charge on any atom is 0.259 e. The molecule has 3 aliphatic rings. The Kier molecular flexibility index (Phi) is 6.28. The normalized spacial score (nSPS) is 19.5. The van der Waals surface area contributed by atoms with Crippen molar-refractivity contribution in [3.05, 3.63) is 26.6 Å². The Bertz CT molecular complexity index is 1070. The molecular formula is C23H31N5O3S. The first kappa shape index (κ1) is 21.6. The van der Waals surface area contributed by atoms with E-state index in [0.717, 1.165) is 74.9 Å². The number of likely N-dealkylation sites (tertiary alicyclic amines) is 1. The van der Waals surface area contributed by atoms with E-state index in [2.05, 4.69) is 14.9 Å². The number of thiophene rings is 1. The average molecular weight is 458 g/mol. The molecule has 5 rings (SSSR count). The zero-order valence-corrected chi connectivity index (χ0v) is 19.3. The Hall–Kier alpha value is -2.26. The number of carbonyl (C=O) groups is 2. The lowest BCUT2D eigenvalue weighted by atomic mass is 10.2. The molecule has 32 heavy (non-hydrogen) atoms. The van der Waals surface area contributed by atoms with Crippen molar-refractivity contribution in [2.24, 2.45) is 0 Å². The number of hydrogen-bond acceptors (Lipinski definition) is 6. The van der Waals surface area contributed by atoms with E-state index in [1.165, 1.54) is 10.4 Å². The average Bonchev–Trinajstić information content (AvgIpc) is 3.48. The maximum atomic E-state index is 12.8. The van der Waals surface area contributed by atoms with Gasteiger partial charge in [-0.25, -0.2) is 4.98 Å². The van der Waals surface area contributed by atoms with Crippen LogP contribution in [0.15, 0.2) is 4.79 Å². The number of aryl methyl sites for hydroxylation is 3. The molecule has 0 bridgehead atoms. The molecule has 2 fully saturated rings. The Balaban J connectivity index is 1.15. The highest BCUT2D eigenvalue weighted by Gasteiger charge is 2.24. The third kappa shape index (κ3) is 4.45. The van der Waals surface area contributed by atoms with Crippen molar-refractivity contribution in [1.29, 1.82) is 0 Å². The second kappa shape index (κ2) is 9.31. The van der Waals surface area contributed by atoms with Gasteiger partial charge in [0, 0.05) is 57.0 Å². The summed E-state index contributed by atoms with van der Waals surface area (Å²) < 4.78 is 0. The molecule has 1 aliphatic carbocycles. The van der Waals surface area contributed by atoms with Gasteiger partial charge < -0.3 is 14.8 Å². The lowest BCUT2D eigenvalue weighted by molar-refractivity contribution is -0.131. The Morgan fingerprint density at radius 1 is 0.906 bits per heavy atom. The minimum atomic E-state index is -0.0649. The Morgan fingerprint density at radius 3 is 2.53 bits per heavy atom. The quantitative estimate of drug-likeness (QED) is 0.736. The molecule has 0 atom stereocenters. The van der Waals surface area contributed by atoms with Crippen LogP contribution in [-0.2, 0) is 28.9 Å². The molecule has 9 heteroatoms. The van der Waals surface area contributed by atoms with Crippen LogP contribution in [0.4, 0.5) is 0 Å². The molecule has 2 aromatic heterocycles. The molecule has 0 spiro atoms. The van der Waals surface area contributed by atoms with Crippen LogP contribution in [0.2, 0.25) is 0 Å². The third-order valence-corrected chi connectivity index (χ3v) is 8.14. The molecule has 2 aromatic rings. The molecule has 0 radical (unpaired) electrons. The van der Waals surface area contributed by atoms with Gasteiger partial charge in [0.1, 0.15) is 10.7 Å². The summed E-state index contributed by atoms with van der Waals surface area (Å²) in [6, 6.07) is 0. The van der Waals surface area contributed by atoms with Gasteiger partial charge in [-0.3, -0.25) is 19.3 Å². The van der Waals surface area contributed by atoms with Crippen molar-refractivity contribution in [2.45, 2.75) is 51.4 Å². The number of rotatable bonds is 5. The number of hydrogen-bond donors (Lipinski definition) is 1. The molecule has 172 valence electrons. The number of amides is 2. The summed E-state index contributed by atoms with van der Waals surface area (Å²) in [6.45, 7) is 5.16. The van der Waals surface area contributed by atoms with Gasteiger partial charge in [0.25, 0.3) is 5.56 Å². The third-order valence-electron chi connectivity index (χ3n) is 6.96. The first-order valence-electron chi connectivity index (χ1n) is 11.9. The van der Waals surface area contributed by atoms with Crippen molar-refractivity contribution in [2.75, 3.05) is 45.8 Å². The van der Waals surface area contributed by atoms with Gasteiger partial charge >= 0.3 is 0 Å². The summed E-state index contributed by atoms with van der Waals surface area (Å²) in [4.78, 5) is 53.6. The number of fused-ring (bicyclic) bond motifs is 3. The minimum Gasteiger partial charge on any atom is -0.342 e. The first-order chi connectivity index (χ1) is 15.6. The second-order valence-corrected chi connectivity index (χ2v) is 10.2. The number of nitrogens with one attached hydrogen (secondary N) is 1. The summed E-state index contributed by atoms with van der Waals surface area (Å²) >= 11 is 1.63. The van der Waals surface area contributed by atoms with Gasteiger partial charge in [-0.15, -0.1) is 11.3 Å². The van der Waals surface area contributed by atoms with E-state index in [1.807, 2.05) is 9.80 Å². The van der Waals surface area contributed by atoms with Crippen molar-refractivity contribution in [3.63, 3.8) is 0 Å². The maximum absolute atomic E-state index is 12.8. The zero-order chi connectivity index (χ0) is 22.1. The molecule has 1 N–H and O–H groups in total. The molecule has 2 aliphatic heterocycles. The SMILES string of the molecule is O=C(CCc1nc2sc3c(c2c(=O)[nH]1)CCC3)N1CCCN(CC(=O)N2CCCC2)CC1. The molecule has 0 aromatic carbocycles. The van der Waals surface area contributed by atoms with E-state index in [4.69, 9.17) is 0 Å². The van der Waals surface area contributed by atoms with Crippen molar-refractivity contribution in [1.82, 2.24) is 24.7 Å². The van der Waals surface area contributed by atoms with Gasteiger partial charge in [-0.2, -0.15) is 0 Å². The lowest BCUT2D eigenvalue weighted by Crippen LogP contribution is -2.41. The molecule has 8 nitrogen and oxygen atoms in total. The van der Waals surface area contributed by atoms with Crippen molar-refractivity contribution < 1.29 is 9.59 Å². The number of carbonyl (C=O) groups excluding carboxylic acids is 2. The van der Waals surface area contributed by atoms with E-state index in [9.17, 15) is 14.4 Å². The minimum absolute atomic E-state index is 0.0649. The monoisotopic (exact) mass is 457 g/mol. The summed E-state index contributed by atoms with van der Waals surface area (Å²) in [5.41, 5.74) is 1.11. The molecule has 0 unspecified atom stereocenters. The number of aromatic nitrogens is 2. The fourth-order valence-electron chi connectivity index (χ4n) is 5.18. The van der Waals surface area contributed by atoms with Crippen LogP contribution in [-0.4, -0.2) is 82.3 Å². The first-order valence-corrected chi connectivity index (χ1v) is 12.7. The van der Waals surface area contributed by atoms with Crippen LogP contribution in [0.3, 0.4) is 0 Å². The predicted octanol–water partition coefficient (Wildman–Crippen LogP) is 1.56. The number of nitrogens with zero attached hydrogens (tertiary/aromatic N) is 4. The standard InChI is InChI=1S/C23H31N5O3S/c29-19(28-12-4-9-26(13-14-28)15-20(30)27-10-1-2-11-27)8-7-18-24-22(31)21-16-5-3-6-17(16)32-23(21)25-18/h1-15H2,(H,24,25,31). The summed E-state index contributed by atoms with van der Waals surface area (Å²) in [6.07, 6.45) is 7.00. The molecule has 2 saturated heterocycles. The van der Waals surface area contributed by atoms with E-state index >= 15 is 0 Å². The van der Waals surface area contributed by atoms with E-state index in [0.29, 0.717) is 38.3 Å². The second-order valence-electron chi connectivity index (χ2n) is 9.15. The number of aromatic amines is 1. The van der Waals surface area contributed by atoms with Crippen molar-refractivity contribution in [3.8, 4) is 0 Å². The lowest BCUT2D eigenvalue weighted by Gasteiger charge is -2.24. The molecular weight excluding hydrogens is 426 g/mol. The summed E-state index contributed by atoms with van der Waals surface area (Å²) in [5, 5.41) is 0.758. The number of H-pyrrole nitrogens is 1. The van der Waals surface area contributed by atoms with Crippen LogP contribution in [0.5, 0.6) is 0 Å². The van der Waals surface area contributed by atoms with E-state index < -0.39 is 0 Å². The van der Waals surface area contributed by atoms with E-state index in [1.54, 1.807) is 11.3 Å². The van der Waals surface area contributed by atoms with Crippen molar-refractivity contribution >= 4 is 33.4 Å². The van der Waals surface area contributed by atoms with Crippen LogP contribution < -0.4 is 5.56 Å². The van der Waals surface area contributed by atoms with Gasteiger partial charge in [0.15, 0.2) is 0 Å². The van der Waals surface area contributed by atoms with Gasteiger partial charge in [0.05, 0.1) is 11.9 Å². The zero-order valence-electron chi connectivity index (χ0n) is 18.5. The fraction of sp³-hybridized carbons (Fsp3) is 0.652. The highest BCUT2D eigenvalue weighted by atomic mass is 32.1. The topological polar surface area (TPSA) is 89.6 Å². The predicted molar refractivity (Wildman–Crippen MR) is 124 cm³/mol. The van der Waals surface area contributed by atoms with E-state index in [-0.39, 0.29) is 17.4 Å².